The maximum Gasteiger partial charge on any atom is 0.184 e. The van der Waals surface area contributed by atoms with E-state index in [1.807, 2.05) is 51.7 Å². The van der Waals surface area contributed by atoms with E-state index in [1.165, 1.54) is 0 Å². The van der Waals surface area contributed by atoms with E-state index in [9.17, 15) is 9.90 Å². The molecule has 0 aliphatic heterocycles. The number of pyridine rings is 1. The van der Waals surface area contributed by atoms with Gasteiger partial charge in [-0.2, -0.15) is 0 Å². The smallest absolute Gasteiger partial charge is 0.184 e. The van der Waals surface area contributed by atoms with Gasteiger partial charge in [-0.3, -0.25) is 9.78 Å². The van der Waals surface area contributed by atoms with E-state index in [-0.39, 0.29) is 12.3 Å². The number of nitrogens with zero attached hydrogens (tertiary/aromatic N) is 4. The lowest BCUT2D eigenvalue weighted by atomic mass is 10.1. The molecule has 0 aliphatic rings. The molecule has 0 radical (unpaired) electrons. The fourth-order valence-electron chi connectivity index (χ4n) is 4.08. The predicted octanol–water partition coefficient (Wildman–Crippen LogP) is 5.88. The first-order chi connectivity index (χ1) is 16.8. The normalized spacial score (nSPS) is 11.9. The second-order valence-electron chi connectivity index (χ2n) is 9.20. The number of halogens is 1. The number of Topliss-reactive ketones (excluding diaryl/α,β-unsaturated/α-hetero) is 1. The highest BCUT2D eigenvalue weighted by molar-refractivity contribution is 6.31. The molecule has 0 bridgehead atoms. The van der Waals surface area contributed by atoms with Crippen LogP contribution in [0.25, 0.3) is 21.9 Å². The van der Waals surface area contributed by atoms with Gasteiger partial charge in [-0.05, 0) is 62.7 Å². The number of fused-ring (bicyclic) bond motifs is 2. The van der Waals surface area contributed by atoms with Crippen LogP contribution in [0, 0.1) is 0 Å². The molecule has 0 aliphatic carbocycles. The molecular weight excluding hydrogens is 464 g/mol. The van der Waals surface area contributed by atoms with Crippen molar-refractivity contribution < 1.29 is 14.6 Å². The number of hydrogen-bond acceptors (Lipinski definition) is 5. The number of carbonyl (C=O) groups excluding carboxylic acids is 1. The number of ether oxygens (including phenoxy) is 1. The van der Waals surface area contributed by atoms with E-state index < -0.39 is 5.60 Å². The zero-order valence-electron chi connectivity index (χ0n) is 19.5. The average molecular weight is 489 g/mol. The van der Waals surface area contributed by atoms with Crippen molar-refractivity contribution in [2.45, 2.75) is 39.0 Å². The Morgan fingerprint density at radius 1 is 1.09 bits per heavy atom. The first kappa shape index (κ1) is 23.1. The third-order valence-corrected chi connectivity index (χ3v) is 6.12. The molecule has 0 saturated carbocycles. The maximum absolute atomic E-state index is 13.5. The van der Waals surface area contributed by atoms with Gasteiger partial charge in [-0.25, -0.2) is 4.98 Å². The summed E-state index contributed by atoms with van der Waals surface area (Å²) in [6, 6.07) is 14.8. The van der Waals surface area contributed by atoms with Crippen LogP contribution in [-0.4, -0.2) is 35.6 Å². The second-order valence-corrected chi connectivity index (χ2v) is 9.63. The fraction of sp³-hybridized carbons (Fsp3) is 0.222. The first-order valence-electron chi connectivity index (χ1n) is 11.3. The highest BCUT2D eigenvalue weighted by Crippen LogP contribution is 2.30. The van der Waals surface area contributed by atoms with Crippen molar-refractivity contribution in [3.05, 3.63) is 84.0 Å². The molecule has 2 aromatic carbocycles. The number of hydrogen-bond donors (Lipinski definition) is 1. The van der Waals surface area contributed by atoms with Crippen LogP contribution in [0.3, 0.4) is 0 Å². The minimum Gasteiger partial charge on any atom is -0.456 e. The summed E-state index contributed by atoms with van der Waals surface area (Å²) in [5.41, 5.74) is 2.23. The van der Waals surface area contributed by atoms with Crippen LogP contribution in [0.4, 0.5) is 0 Å². The van der Waals surface area contributed by atoms with Crippen LogP contribution in [-0.2, 0) is 13.1 Å². The molecule has 0 saturated heterocycles. The van der Waals surface area contributed by atoms with Crippen molar-refractivity contribution in [3.8, 4) is 11.5 Å². The molecule has 0 spiro atoms. The molecule has 3 heterocycles. The number of imidazole rings is 1. The summed E-state index contributed by atoms with van der Waals surface area (Å²) >= 11 is 6.07. The SMILES string of the molecule is CC(C)(O)CCn1cc(C(=O)Cn2cnc3cc(Cl)ccc32)c2ccc(Oc3cccnc3)cc21. The Bertz CT molecular complexity index is 1520. The summed E-state index contributed by atoms with van der Waals surface area (Å²) in [6.07, 6.45) is 7.39. The molecule has 0 amide bonds. The van der Waals surface area contributed by atoms with Gasteiger partial charge in [0.1, 0.15) is 11.5 Å². The number of aryl methyl sites for hydroxylation is 1. The number of ketones is 1. The standard InChI is InChI=1S/C27H25ClN4O3/c1-27(2,34)9-11-31-15-22(26(33)16-32-17-30-23-12-18(28)5-8-24(23)32)21-7-6-19(13-25(21)31)35-20-4-3-10-29-14-20/h3-8,10,12-15,17,34H,9,11,16H2,1-2H3. The van der Waals surface area contributed by atoms with Gasteiger partial charge in [0.2, 0.25) is 0 Å². The first-order valence-corrected chi connectivity index (χ1v) is 11.7. The van der Waals surface area contributed by atoms with Gasteiger partial charge in [-0.15, -0.1) is 0 Å². The molecule has 3 aromatic heterocycles. The van der Waals surface area contributed by atoms with E-state index in [0.29, 0.717) is 35.1 Å². The van der Waals surface area contributed by atoms with Crippen LogP contribution < -0.4 is 4.74 Å². The Balaban J connectivity index is 1.50. The third-order valence-electron chi connectivity index (χ3n) is 5.89. The molecule has 5 aromatic rings. The molecule has 7 nitrogen and oxygen atoms in total. The minimum absolute atomic E-state index is 0.0350. The lowest BCUT2D eigenvalue weighted by Gasteiger charge is -2.17. The second kappa shape index (κ2) is 9.17. The summed E-state index contributed by atoms with van der Waals surface area (Å²) in [7, 11) is 0. The van der Waals surface area contributed by atoms with Crippen molar-refractivity contribution >= 4 is 39.3 Å². The number of benzene rings is 2. The Labute approximate surface area is 207 Å². The van der Waals surface area contributed by atoms with E-state index in [1.54, 1.807) is 44.7 Å². The lowest BCUT2D eigenvalue weighted by Crippen LogP contribution is -2.20. The van der Waals surface area contributed by atoms with Crippen LogP contribution in [0.2, 0.25) is 5.02 Å². The minimum atomic E-state index is -0.832. The van der Waals surface area contributed by atoms with E-state index in [2.05, 4.69) is 9.97 Å². The van der Waals surface area contributed by atoms with Crippen molar-refractivity contribution in [2.75, 3.05) is 0 Å². The Morgan fingerprint density at radius 2 is 1.94 bits per heavy atom. The van der Waals surface area contributed by atoms with E-state index in [0.717, 1.165) is 21.9 Å². The van der Waals surface area contributed by atoms with Crippen LogP contribution >= 0.6 is 11.6 Å². The van der Waals surface area contributed by atoms with Crippen LogP contribution in [0.5, 0.6) is 11.5 Å². The Morgan fingerprint density at radius 3 is 2.71 bits per heavy atom. The van der Waals surface area contributed by atoms with Gasteiger partial charge in [0, 0.05) is 41.0 Å². The van der Waals surface area contributed by atoms with Gasteiger partial charge in [0.15, 0.2) is 5.78 Å². The topological polar surface area (TPSA) is 82.2 Å². The van der Waals surface area contributed by atoms with E-state index >= 15 is 0 Å². The Kier molecular flexibility index (Phi) is 6.05. The van der Waals surface area contributed by atoms with Crippen molar-refractivity contribution in [1.82, 2.24) is 19.1 Å². The van der Waals surface area contributed by atoms with Gasteiger partial charge in [0.05, 0.1) is 41.2 Å². The summed E-state index contributed by atoms with van der Waals surface area (Å²) in [6.45, 7) is 4.25. The van der Waals surface area contributed by atoms with Crippen molar-refractivity contribution in [2.24, 2.45) is 0 Å². The van der Waals surface area contributed by atoms with Crippen molar-refractivity contribution in [3.63, 3.8) is 0 Å². The zero-order valence-corrected chi connectivity index (χ0v) is 20.2. The number of rotatable bonds is 8. The number of aliphatic hydroxyl groups is 1. The molecule has 178 valence electrons. The van der Waals surface area contributed by atoms with Gasteiger partial charge < -0.3 is 19.0 Å². The maximum atomic E-state index is 13.5. The molecule has 0 atom stereocenters. The van der Waals surface area contributed by atoms with Crippen LogP contribution in [0.1, 0.15) is 30.6 Å². The summed E-state index contributed by atoms with van der Waals surface area (Å²) in [5, 5.41) is 11.7. The molecule has 8 heteroatoms. The lowest BCUT2D eigenvalue weighted by molar-refractivity contribution is 0.0666. The molecule has 1 N–H and O–H groups in total. The van der Waals surface area contributed by atoms with E-state index in [4.69, 9.17) is 16.3 Å². The predicted molar refractivity (Wildman–Crippen MR) is 136 cm³/mol. The molecule has 0 fully saturated rings. The average Bonchev–Trinajstić information content (AvgIpc) is 3.38. The quantitative estimate of drug-likeness (QED) is 0.276. The molecular formula is C27H25ClN4O3. The highest BCUT2D eigenvalue weighted by Gasteiger charge is 2.19. The van der Waals surface area contributed by atoms with Crippen LogP contribution in [0.15, 0.2) is 73.4 Å². The summed E-state index contributed by atoms with van der Waals surface area (Å²) < 4.78 is 9.80. The molecule has 5 rings (SSSR count). The monoisotopic (exact) mass is 488 g/mol. The number of carbonyl (C=O) groups is 1. The molecule has 0 unspecified atom stereocenters. The van der Waals surface area contributed by atoms with Crippen molar-refractivity contribution in [1.29, 1.82) is 0 Å². The Hall–Kier alpha value is -3.68. The number of aromatic nitrogens is 4. The van der Waals surface area contributed by atoms with Gasteiger partial charge in [0.25, 0.3) is 0 Å². The fourth-order valence-corrected chi connectivity index (χ4v) is 4.25. The summed E-state index contributed by atoms with van der Waals surface area (Å²) in [5.74, 6) is 1.24. The highest BCUT2D eigenvalue weighted by atomic mass is 35.5. The van der Waals surface area contributed by atoms with Gasteiger partial charge >= 0.3 is 0 Å². The zero-order chi connectivity index (χ0) is 24.6. The summed E-state index contributed by atoms with van der Waals surface area (Å²) in [4.78, 5) is 21.9. The largest absolute Gasteiger partial charge is 0.456 e. The third kappa shape index (κ3) is 5.06. The van der Waals surface area contributed by atoms with Gasteiger partial charge in [-0.1, -0.05) is 11.6 Å². The molecule has 35 heavy (non-hydrogen) atoms.